The minimum Gasteiger partial charge on any atom is -0.294 e. The molecule has 8 nitrogen and oxygen atoms in total. The van der Waals surface area contributed by atoms with Gasteiger partial charge in [-0.1, -0.05) is 23.2 Å². The third kappa shape index (κ3) is 4.97. The predicted octanol–water partition coefficient (Wildman–Crippen LogP) is 4.80. The Kier molecular flexibility index (Phi) is 6.71. The molecular formula is C20H12Cl2F3N5O3. The number of aromatic nitrogens is 3. The SMILES string of the molecule is N#Cc1cc(C(=O)CC(C[N+](=O)[O-])(c2cc(Cl)cc(Cl)c2)C(F)(F)F)ccc1-n1cncn1. The minimum atomic E-state index is -5.21. The summed E-state index contributed by atoms with van der Waals surface area (Å²) in [5.41, 5.74) is -3.86. The number of carbonyl (C=O) groups excluding carboxylic acids is 1. The van der Waals surface area contributed by atoms with Gasteiger partial charge in [0.25, 0.3) is 0 Å². The molecule has 0 amide bonds. The fraction of sp³-hybridized carbons (Fsp3) is 0.200. The Morgan fingerprint density at radius 3 is 2.36 bits per heavy atom. The summed E-state index contributed by atoms with van der Waals surface area (Å²) in [5, 5.41) is 24.2. The normalized spacial score (nSPS) is 13.2. The number of nitriles is 1. The van der Waals surface area contributed by atoms with Gasteiger partial charge in [-0.15, -0.1) is 0 Å². The summed E-state index contributed by atoms with van der Waals surface area (Å²) in [6.45, 7) is -1.62. The van der Waals surface area contributed by atoms with Crippen LogP contribution in [0.5, 0.6) is 0 Å². The van der Waals surface area contributed by atoms with E-state index in [1.807, 2.05) is 6.07 Å². The van der Waals surface area contributed by atoms with Crippen molar-refractivity contribution < 1.29 is 22.9 Å². The van der Waals surface area contributed by atoms with Gasteiger partial charge < -0.3 is 0 Å². The summed E-state index contributed by atoms with van der Waals surface area (Å²) in [6, 6.07) is 8.43. The smallest absolute Gasteiger partial charge is 0.294 e. The van der Waals surface area contributed by atoms with Crippen molar-refractivity contribution in [1.82, 2.24) is 14.8 Å². The third-order valence-corrected chi connectivity index (χ3v) is 5.36. The highest BCUT2D eigenvalue weighted by molar-refractivity contribution is 6.34. The molecule has 0 N–H and O–H groups in total. The van der Waals surface area contributed by atoms with Crippen LogP contribution in [0.4, 0.5) is 13.2 Å². The molecule has 33 heavy (non-hydrogen) atoms. The second kappa shape index (κ2) is 9.17. The number of hydrogen-bond acceptors (Lipinski definition) is 6. The van der Waals surface area contributed by atoms with Crippen LogP contribution in [0.15, 0.2) is 49.1 Å². The number of Topliss-reactive ketones (excluding diaryl/α,β-unsaturated/α-hetero) is 1. The maximum absolute atomic E-state index is 14.3. The number of nitrogens with zero attached hydrogens (tertiary/aromatic N) is 5. The number of rotatable bonds is 7. The maximum Gasteiger partial charge on any atom is 0.405 e. The lowest BCUT2D eigenvalue weighted by Gasteiger charge is -2.32. The van der Waals surface area contributed by atoms with Crippen molar-refractivity contribution in [3.05, 3.63) is 85.9 Å². The van der Waals surface area contributed by atoms with Crippen molar-refractivity contribution in [2.75, 3.05) is 6.54 Å². The molecule has 0 fully saturated rings. The minimum absolute atomic E-state index is 0.0518. The first-order valence-electron chi connectivity index (χ1n) is 9.04. The predicted molar refractivity (Wildman–Crippen MR) is 111 cm³/mol. The van der Waals surface area contributed by atoms with E-state index in [9.17, 15) is 33.3 Å². The number of halogens is 5. The average molecular weight is 498 g/mol. The molecule has 0 aliphatic carbocycles. The highest BCUT2D eigenvalue weighted by atomic mass is 35.5. The van der Waals surface area contributed by atoms with Crippen LogP contribution in [0.25, 0.3) is 5.69 Å². The van der Waals surface area contributed by atoms with Crippen molar-refractivity contribution in [2.45, 2.75) is 18.0 Å². The van der Waals surface area contributed by atoms with Gasteiger partial charge in [-0.25, -0.2) is 9.67 Å². The van der Waals surface area contributed by atoms with Gasteiger partial charge in [0.05, 0.1) is 11.3 Å². The van der Waals surface area contributed by atoms with E-state index in [-0.39, 0.29) is 26.9 Å². The van der Waals surface area contributed by atoms with E-state index in [0.29, 0.717) is 0 Å². The molecule has 170 valence electrons. The molecule has 2 aromatic carbocycles. The van der Waals surface area contributed by atoms with Gasteiger partial charge in [-0.2, -0.15) is 23.5 Å². The second-order valence-corrected chi connectivity index (χ2v) is 7.89. The summed E-state index contributed by atoms with van der Waals surface area (Å²) in [5.74, 6) is -1.06. The number of hydrogen-bond donors (Lipinski definition) is 0. The van der Waals surface area contributed by atoms with E-state index in [0.717, 1.165) is 18.2 Å². The van der Waals surface area contributed by atoms with Crippen LogP contribution < -0.4 is 0 Å². The molecule has 0 spiro atoms. The zero-order chi connectivity index (χ0) is 24.4. The summed E-state index contributed by atoms with van der Waals surface area (Å²) in [4.78, 5) is 26.8. The molecule has 0 saturated carbocycles. The lowest BCUT2D eigenvalue weighted by molar-refractivity contribution is -0.501. The zero-order valence-corrected chi connectivity index (χ0v) is 17.9. The van der Waals surface area contributed by atoms with E-state index in [2.05, 4.69) is 10.1 Å². The van der Waals surface area contributed by atoms with Gasteiger partial charge in [0.15, 0.2) is 11.2 Å². The van der Waals surface area contributed by atoms with E-state index in [1.165, 1.54) is 35.5 Å². The zero-order valence-electron chi connectivity index (χ0n) is 16.4. The molecule has 1 unspecified atom stereocenters. The fourth-order valence-electron chi connectivity index (χ4n) is 3.36. The summed E-state index contributed by atoms with van der Waals surface area (Å²) >= 11 is 11.7. The quantitative estimate of drug-likeness (QED) is 0.263. The van der Waals surface area contributed by atoms with Crippen LogP contribution in [0.3, 0.4) is 0 Å². The van der Waals surface area contributed by atoms with E-state index >= 15 is 0 Å². The van der Waals surface area contributed by atoms with Crippen molar-refractivity contribution >= 4 is 29.0 Å². The topological polar surface area (TPSA) is 115 Å². The number of carbonyl (C=O) groups is 1. The van der Waals surface area contributed by atoms with Crippen molar-refractivity contribution in [1.29, 1.82) is 5.26 Å². The Morgan fingerprint density at radius 2 is 1.85 bits per heavy atom. The molecule has 0 aliphatic rings. The van der Waals surface area contributed by atoms with E-state index < -0.39 is 40.8 Å². The van der Waals surface area contributed by atoms with Crippen LogP contribution in [0.1, 0.15) is 27.9 Å². The van der Waals surface area contributed by atoms with Crippen molar-refractivity contribution in [3.63, 3.8) is 0 Å². The number of ketones is 1. The molecule has 13 heteroatoms. The van der Waals surface area contributed by atoms with Gasteiger partial charge >= 0.3 is 6.18 Å². The Hall–Kier alpha value is -3.49. The Bertz CT molecular complexity index is 1240. The molecule has 0 radical (unpaired) electrons. The maximum atomic E-state index is 14.3. The second-order valence-electron chi connectivity index (χ2n) is 7.01. The first-order chi connectivity index (χ1) is 15.5. The molecule has 3 rings (SSSR count). The average Bonchev–Trinajstić information content (AvgIpc) is 3.25. The summed E-state index contributed by atoms with van der Waals surface area (Å²) < 4.78 is 44.3. The van der Waals surface area contributed by atoms with Crippen molar-refractivity contribution in [2.24, 2.45) is 0 Å². The molecule has 1 aromatic heterocycles. The van der Waals surface area contributed by atoms with Crippen LogP contribution in [0.2, 0.25) is 10.0 Å². The monoisotopic (exact) mass is 497 g/mol. The number of nitro groups is 1. The molecule has 0 saturated heterocycles. The molecule has 3 aromatic rings. The van der Waals surface area contributed by atoms with Gasteiger partial charge in [0.2, 0.25) is 6.54 Å². The summed E-state index contributed by atoms with van der Waals surface area (Å²) in [7, 11) is 0. The van der Waals surface area contributed by atoms with Crippen molar-refractivity contribution in [3.8, 4) is 11.8 Å². The third-order valence-electron chi connectivity index (χ3n) is 4.92. The van der Waals surface area contributed by atoms with E-state index in [4.69, 9.17) is 23.2 Å². The Balaban J connectivity index is 2.10. The molecule has 1 atom stereocenters. The first-order valence-corrected chi connectivity index (χ1v) is 9.80. The lowest BCUT2D eigenvalue weighted by atomic mass is 9.74. The van der Waals surface area contributed by atoms with Gasteiger partial charge in [0.1, 0.15) is 18.7 Å². The number of benzene rings is 2. The van der Waals surface area contributed by atoms with Gasteiger partial charge in [-0.3, -0.25) is 14.9 Å². The highest BCUT2D eigenvalue weighted by Gasteiger charge is 2.60. The van der Waals surface area contributed by atoms with Gasteiger partial charge in [-0.05, 0) is 42.0 Å². The molecule has 0 bridgehead atoms. The molecular weight excluding hydrogens is 486 g/mol. The highest BCUT2D eigenvalue weighted by Crippen LogP contribution is 2.46. The van der Waals surface area contributed by atoms with E-state index in [1.54, 1.807) is 0 Å². The lowest BCUT2D eigenvalue weighted by Crippen LogP contribution is -2.49. The molecule has 0 aliphatic heterocycles. The fourth-order valence-corrected chi connectivity index (χ4v) is 3.89. The Labute approximate surface area is 194 Å². The standard InChI is InChI=1S/C20H12Cl2F3N5O3/c21-15-4-14(5-16(22)6-15)19(9-30(32)33,20(23,24)25)7-18(31)12-1-2-17(13(3-12)8-26)29-11-27-10-28-29/h1-6,10-11H,7,9H2. The first kappa shape index (κ1) is 24.2. The summed E-state index contributed by atoms with van der Waals surface area (Å²) in [6.07, 6.45) is -4.00. The van der Waals surface area contributed by atoms with Crippen LogP contribution in [0, 0.1) is 21.4 Å². The van der Waals surface area contributed by atoms with Crippen LogP contribution in [-0.4, -0.2) is 38.2 Å². The van der Waals surface area contributed by atoms with Crippen LogP contribution >= 0.6 is 23.2 Å². The Morgan fingerprint density at radius 1 is 1.18 bits per heavy atom. The number of alkyl halides is 3. The largest absolute Gasteiger partial charge is 0.405 e. The van der Waals surface area contributed by atoms with Crippen LogP contribution in [-0.2, 0) is 5.41 Å². The van der Waals surface area contributed by atoms with Gasteiger partial charge in [0, 0.05) is 27.0 Å². The molecule has 1 heterocycles.